The summed E-state index contributed by atoms with van der Waals surface area (Å²) in [6.07, 6.45) is 9.15. The van der Waals surface area contributed by atoms with Crippen LogP contribution in [0, 0.1) is 5.92 Å². The number of benzene rings is 2. The molecule has 1 heterocycles. The molecule has 1 aromatic heterocycles. The summed E-state index contributed by atoms with van der Waals surface area (Å²) < 4.78 is 1.63. The number of likely N-dealkylation sites (N-methyl/N-ethyl adjacent to an activating group) is 1. The highest BCUT2D eigenvalue weighted by atomic mass is 16.2. The first-order valence-electron chi connectivity index (χ1n) is 14.4. The largest absolute Gasteiger partial charge is 0.359 e. The molecule has 2 aliphatic carbocycles. The minimum Gasteiger partial charge on any atom is -0.359 e. The Kier molecular flexibility index (Phi) is 8.88. The van der Waals surface area contributed by atoms with Crippen molar-refractivity contribution in [3.63, 3.8) is 0 Å². The average molecular weight is 543 g/mol. The topological polar surface area (TPSA) is 118 Å². The van der Waals surface area contributed by atoms with Crippen molar-refractivity contribution in [3.8, 4) is 0 Å². The monoisotopic (exact) mass is 542 g/mol. The van der Waals surface area contributed by atoms with Crippen molar-refractivity contribution < 1.29 is 14.4 Å². The van der Waals surface area contributed by atoms with Crippen molar-refractivity contribution >= 4 is 17.7 Å². The van der Waals surface area contributed by atoms with E-state index >= 15 is 0 Å². The number of amides is 3. The van der Waals surface area contributed by atoms with Crippen LogP contribution in [0.2, 0.25) is 0 Å². The molecule has 0 bridgehead atoms. The maximum Gasteiger partial charge on any atom is 0.274 e. The van der Waals surface area contributed by atoms with Gasteiger partial charge in [-0.25, -0.2) is 4.68 Å². The number of fused-ring (bicyclic) bond motifs is 1. The van der Waals surface area contributed by atoms with Gasteiger partial charge in [-0.05, 0) is 41.9 Å². The molecular formula is C31H38N6O3. The Bertz CT molecular complexity index is 1320. The third kappa shape index (κ3) is 6.58. The molecule has 9 nitrogen and oxygen atoms in total. The summed E-state index contributed by atoms with van der Waals surface area (Å²) in [6.45, 7) is 0.505. The maximum atomic E-state index is 13.7. The molecule has 0 spiro atoms. The first-order valence-corrected chi connectivity index (χ1v) is 14.4. The molecule has 3 N–H and O–H groups in total. The van der Waals surface area contributed by atoms with E-state index in [0.29, 0.717) is 31.7 Å². The number of nitrogens with zero attached hydrogens (tertiary/aromatic N) is 3. The van der Waals surface area contributed by atoms with Gasteiger partial charge < -0.3 is 16.0 Å². The normalized spacial score (nSPS) is 19.7. The Morgan fingerprint density at radius 1 is 0.925 bits per heavy atom. The van der Waals surface area contributed by atoms with Crippen molar-refractivity contribution in [2.75, 3.05) is 7.05 Å². The van der Waals surface area contributed by atoms with Gasteiger partial charge in [0.2, 0.25) is 11.8 Å². The lowest BCUT2D eigenvalue weighted by Gasteiger charge is -2.33. The van der Waals surface area contributed by atoms with Crippen molar-refractivity contribution in [2.45, 2.75) is 75.9 Å². The lowest BCUT2D eigenvalue weighted by molar-refractivity contribution is -0.124. The average Bonchev–Trinajstić information content (AvgIpc) is 3.46. The van der Waals surface area contributed by atoms with Crippen molar-refractivity contribution in [3.05, 3.63) is 83.2 Å². The summed E-state index contributed by atoms with van der Waals surface area (Å²) in [6, 6.07) is 16.8. The van der Waals surface area contributed by atoms with Gasteiger partial charge in [-0.2, -0.15) is 0 Å². The molecule has 5 rings (SSSR count). The Morgan fingerprint density at radius 2 is 1.65 bits per heavy atom. The molecule has 210 valence electrons. The highest BCUT2D eigenvalue weighted by Crippen LogP contribution is 2.37. The predicted octanol–water partition coefficient (Wildman–Crippen LogP) is 3.88. The zero-order chi connectivity index (χ0) is 27.9. The van der Waals surface area contributed by atoms with Gasteiger partial charge in [0.15, 0.2) is 5.69 Å². The Labute approximate surface area is 235 Å². The maximum absolute atomic E-state index is 13.7. The van der Waals surface area contributed by atoms with Crippen LogP contribution < -0.4 is 16.0 Å². The van der Waals surface area contributed by atoms with Gasteiger partial charge in [0.05, 0.1) is 24.7 Å². The van der Waals surface area contributed by atoms with E-state index in [9.17, 15) is 14.4 Å². The van der Waals surface area contributed by atoms with Crippen LogP contribution in [-0.2, 0) is 16.1 Å². The molecule has 1 saturated carbocycles. The van der Waals surface area contributed by atoms with E-state index in [-0.39, 0.29) is 29.5 Å². The number of carbonyl (C=O) groups is 3. The van der Waals surface area contributed by atoms with E-state index in [2.05, 4.69) is 26.3 Å². The van der Waals surface area contributed by atoms with Gasteiger partial charge in [0, 0.05) is 7.05 Å². The molecule has 3 aromatic rings. The second-order valence-electron chi connectivity index (χ2n) is 11.0. The smallest absolute Gasteiger partial charge is 0.274 e. The fourth-order valence-corrected chi connectivity index (χ4v) is 6.13. The molecule has 3 amide bonds. The fourth-order valence-electron chi connectivity index (χ4n) is 6.13. The molecule has 9 heteroatoms. The standard InChI is InChI=1S/C31H38N6O3/c1-32-29(38)25-16-17-26(24-15-9-8-14-23(24)25)33-30(39)27(18-21-10-4-2-5-11-21)34-31(40)28-20-37(36-35-28)19-22-12-6-3-7-13-22/h3,6-9,12-15,20-21,25-27H,2,4-5,10-11,16-19H2,1H3,(H,32,38)(H,33,39)(H,34,40)/t25-,26?,27-/m0/s1. The summed E-state index contributed by atoms with van der Waals surface area (Å²) in [5, 5.41) is 17.1. The van der Waals surface area contributed by atoms with Crippen LogP contribution in [-0.4, -0.2) is 45.8 Å². The zero-order valence-corrected chi connectivity index (χ0v) is 23.0. The number of hydrogen-bond acceptors (Lipinski definition) is 5. The van der Waals surface area contributed by atoms with Crippen molar-refractivity contribution in [1.29, 1.82) is 0 Å². The SMILES string of the molecule is CNC(=O)[C@H]1CCC(NC(=O)[C@H](CC2CCCCC2)NC(=O)c2cn(Cc3ccccc3)nn2)c2ccccc21. The highest BCUT2D eigenvalue weighted by Gasteiger charge is 2.34. The van der Waals surface area contributed by atoms with Crippen LogP contribution in [0.4, 0.5) is 0 Å². The van der Waals surface area contributed by atoms with Crippen LogP contribution in [0.15, 0.2) is 60.8 Å². The van der Waals surface area contributed by atoms with E-state index in [0.717, 1.165) is 42.4 Å². The Balaban J connectivity index is 1.30. The molecule has 1 unspecified atom stereocenters. The van der Waals surface area contributed by atoms with E-state index in [1.165, 1.54) is 6.42 Å². The number of carbonyl (C=O) groups excluding carboxylic acids is 3. The van der Waals surface area contributed by atoms with Crippen molar-refractivity contribution in [1.82, 2.24) is 30.9 Å². The van der Waals surface area contributed by atoms with E-state index in [1.54, 1.807) is 17.9 Å². The molecule has 0 aliphatic heterocycles. The van der Waals surface area contributed by atoms with E-state index in [1.807, 2.05) is 54.6 Å². The van der Waals surface area contributed by atoms with Crippen LogP contribution in [0.25, 0.3) is 0 Å². The van der Waals surface area contributed by atoms with Crippen LogP contribution >= 0.6 is 0 Å². The third-order valence-electron chi connectivity index (χ3n) is 8.24. The number of rotatable bonds is 9. The number of hydrogen-bond donors (Lipinski definition) is 3. The molecule has 40 heavy (non-hydrogen) atoms. The molecule has 3 atom stereocenters. The van der Waals surface area contributed by atoms with Crippen molar-refractivity contribution in [2.24, 2.45) is 5.92 Å². The number of nitrogens with one attached hydrogen (secondary N) is 3. The quantitative estimate of drug-likeness (QED) is 0.379. The molecule has 0 radical (unpaired) electrons. The Morgan fingerprint density at radius 3 is 2.40 bits per heavy atom. The minimum atomic E-state index is -0.682. The van der Waals surface area contributed by atoms with Gasteiger partial charge in [-0.1, -0.05) is 91.9 Å². The van der Waals surface area contributed by atoms with E-state index in [4.69, 9.17) is 0 Å². The first kappa shape index (κ1) is 27.6. The van der Waals surface area contributed by atoms with Crippen LogP contribution in [0.1, 0.15) is 90.5 Å². The summed E-state index contributed by atoms with van der Waals surface area (Å²) >= 11 is 0. The van der Waals surface area contributed by atoms with Gasteiger partial charge in [-0.3, -0.25) is 14.4 Å². The summed E-state index contributed by atoms with van der Waals surface area (Å²) in [5.41, 5.74) is 3.15. The second kappa shape index (κ2) is 12.9. The molecule has 2 aromatic carbocycles. The minimum absolute atomic E-state index is 0.0139. The zero-order valence-electron chi connectivity index (χ0n) is 23.0. The third-order valence-corrected chi connectivity index (χ3v) is 8.24. The molecule has 2 aliphatic rings. The first-order chi connectivity index (χ1) is 19.5. The van der Waals surface area contributed by atoms with Gasteiger partial charge in [-0.15, -0.1) is 5.10 Å². The summed E-state index contributed by atoms with van der Waals surface area (Å²) in [5.74, 6) is -0.465. The molecular weight excluding hydrogens is 504 g/mol. The van der Waals surface area contributed by atoms with Crippen LogP contribution in [0.5, 0.6) is 0 Å². The van der Waals surface area contributed by atoms with Gasteiger partial charge in [0.25, 0.3) is 5.91 Å². The second-order valence-corrected chi connectivity index (χ2v) is 11.0. The number of aromatic nitrogens is 3. The summed E-state index contributed by atoms with van der Waals surface area (Å²) in [4.78, 5) is 39.5. The van der Waals surface area contributed by atoms with Crippen LogP contribution in [0.3, 0.4) is 0 Å². The van der Waals surface area contributed by atoms with Gasteiger partial charge in [0.1, 0.15) is 6.04 Å². The van der Waals surface area contributed by atoms with E-state index < -0.39 is 11.9 Å². The molecule has 1 fully saturated rings. The van der Waals surface area contributed by atoms with Gasteiger partial charge >= 0.3 is 0 Å². The fraction of sp³-hybridized carbons (Fsp3) is 0.452. The molecule has 0 saturated heterocycles. The summed E-state index contributed by atoms with van der Waals surface area (Å²) in [7, 11) is 1.65. The lowest BCUT2D eigenvalue weighted by Crippen LogP contribution is -2.49. The lowest BCUT2D eigenvalue weighted by atomic mass is 9.79. The predicted molar refractivity (Wildman–Crippen MR) is 151 cm³/mol. The Hall–Kier alpha value is -4.01. The highest BCUT2D eigenvalue weighted by molar-refractivity contribution is 5.96.